The fraction of sp³-hybridized carbons (Fsp3) is 0. The summed E-state index contributed by atoms with van der Waals surface area (Å²) in [6, 6.07) is 48.0. The highest BCUT2D eigenvalue weighted by Gasteiger charge is 2.29. The molecule has 0 aliphatic carbocycles. The second-order valence-electron chi connectivity index (χ2n) is 12.9. The van der Waals surface area contributed by atoms with E-state index in [0.717, 1.165) is 78.4 Å². The van der Waals surface area contributed by atoms with Gasteiger partial charge in [-0.2, -0.15) is 38.5 Å². The molecule has 0 radical (unpaired) electrons. The summed E-state index contributed by atoms with van der Waals surface area (Å²) in [5.74, 6) is 0. The van der Waals surface area contributed by atoms with E-state index in [9.17, 15) is 21.0 Å². The number of benzene rings is 6. The first-order valence-corrected chi connectivity index (χ1v) is 18.7. The van der Waals surface area contributed by atoms with Crippen LogP contribution in [0.3, 0.4) is 0 Å². The number of rotatable bonds is 5. The van der Waals surface area contributed by atoms with E-state index in [-0.39, 0.29) is 22.3 Å². The average Bonchev–Trinajstić information content (AvgIpc) is 4.06. The third-order valence-electron chi connectivity index (χ3n) is 10.2. The summed E-state index contributed by atoms with van der Waals surface area (Å²) in [5, 5.41) is 46.3. The Morgan fingerprint density at radius 3 is 1.02 bits per heavy atom. The van der Waals surface area contributed by atoms with Gasteiger partial charge in [-0.3, -0.25) is 0 Å². The normalized spacial score (nSPS) is 11.1. The predicted molar refractivity (Wildman–Crippen MR) is 220 cm³/mol. The molecule has 0 saturated heterocycles. The van der Waals surface area contributed by atoms with Crippen molar-refractivity contribution in [2.45, 2.75) is 0 Å². The van der Waals surface area contributed by atoms with Gasteiger partial charge in [0.25, 0.3) is 0 Å². The molecule has 0 amide bonds. The summed E-state index contributed by atoms with van der Waals surface area (Å²) < 4.78 is 23.2. The van der Waals surface area contributed by atoms with Crippen LogP contribution in [0.5, 0.6) is 0 Å². The average molecular weight is 753 g/mol. The molecular formula is C44H20N10S2. The van der Waals surface area contributed by atoms with Crippen LogP contribution >= 0.6 is 23.5 Å². The Morgan fingerprint density at radius 1 is 0.393 bits per heavy atom. The summed E-state index contributed by atoms with van der Waals surface area (Å²) in [7, 11) is 0. The third kappa shape index (κ3) is 4.62. The zero-order valence-corrected chi connectivity index (χ0v) is 30.5. The quantitative estimate of drug-likeness (QED) is 0.124. The van der Waals surface area contributed by atoms with Crippen molar-refractivity contribution in [1.29, 1.82) is 21.0 Å². The van der Waals surface area contributed by atoms with Crippen LogP contribution in [0.4, 0.5) is 0 Å². The molecule has 0 bridgehead atoms. The summed E-state index contributed by atoms with van der Waals surface area (Å²) in [5.41, 5.74) is 7.58. The SMILES string of the molecule is N#CC(C#N)=C(C(=C(C#N)C#N)c1ccc(-n2c3ccccc3c3ccccc32)c2nsnc12)c1ccc(-n2c3ccccc3c3ccccc32)c2nsnc12. The van der Waals surface area contributed by atoms with Crippen LogP contribution in [0.15, 0.2) is 132 Å². The summed E-state index contributed by atoms with van der Waals surface area (Å²) in [6.45, 7) is 0. The summed E-state index contributed by atoms with van der Waals surface area (Å²) in [4.78, 5) is 0. The lowest BCUT2D eigenvalue weighted by Gasteiger charge is -2.17. The number of nitrogens with zero attached hydrogens (tertiary/aromatic N) is 10. The largest absolute Gasteiger partial charge is 0.307 e. The fourth-order valence-electron chi connectivity index (χ4n) is 7.90. The van der Waals surface area contributed by atoms with Crippen molar-refractivity contribution in [1.82, 2.24) is 26.6 Å². The molecule has 0 spiro atoms. The van der Waals surface area contributed by atoms with Gasteiger partial charge in [-0.1, -0.05) is 72.8 Å². The Morgan fingerprint density at radius 2 is 0.696 bits per heavy atom. The molecule has 56 heavy (non-hydrogen) atoms. The number of nitriles is 4. The Hall–Kier alpha value is -8.00. The monoisotopic (exact) mass is 752 g/mol. The highest BCUT2D eigenvalue weighted by molar-refractivity contribution is 7.00. The summed E-state index contributed by atoms with van der Waals surface area (Å²) >= 11 is 1.99. The van der Waals surface area contributed by atoms with Crippen molar-refractivity contribution in [3.8, 4) is 35.7 Å². The fourth-order valence-corrected chi connectivity index (χ4v) is 9.04. The van der Waals surface area contributed by atoms with E-state index in [1.54, 1.807) is 12.1 Å². The van der Waals surface area contributed by atoms with Gasteiger partial charge in [0.15, 0.2) is 0 Å². The second kappa shape index (κ2) is 12.8. The first-order chi connectivity index (χ1) is 27.7. The second-order valence-corrected chi connectivity index (χ2v) is 13.9. The number of allylic oxidation sites excluding steroid dienone is 4. The molecule has 0 N–H and O–H groups in total. The van der Waals surface area contributed by atoms with Crippen molar-refractivity contribution in [2.24, 2.45) is 0 Å². The van der Waals surface area contributed by atoms with E-state index >= 15 is 0 Å². The van der Waals surface area contributed by atoms with E-state index in [1.807, 2.05) is 109 Å². The zero-order chi connectivity index (χ0) is 37.9. The smallest absolute Gasteiger partial charge is 0.138 e. The molecular weight excluding hydrogens is 733 g/mol. The number of hydrogen-bond donors (Lipinski definition) is 0. The van der Waals surface area contributed by atoms with E-state index in [2.05, 4.69) is 33.4 Å². The van der Waals surface area contributed by atoms with Crippen LogP contribution < -0.4 is 0 Å². The van der Waals surface area contributed by atoms with Crippen LogP contribution in [0.25, 0.3) is 88.2 Å². The van der Waals surface area contributed by atoms with Crippen LogP contribution in [0.2, 0.25) is 0 Å². The van der Waals surface area contributed by atoms with Gasteiger partial charge < -0.3 is 9.13 Å². The molecule has 0 atom stereocenters. The molecule has 258 valence electrons. The Bertz CT molecular complexity index is 3170. The molecule has 10 aromatic rings. The summed E-state index contributed by atoms with van der Waals surface area (Å²) in [6.07, 6.45) is 0. The van der Waals surface area contributed by atoms with Crippen molar-refractivity contribution in [3.05, 3.63) is 144 Å². The predicted octanol–water partition coefficient (Wildman–Crippen LogP) is 10.2. The third-order valence-corrected chi connectivity index (χ3v) is 11.2. The minimum Gasteiger partial charge on any atom is -0.307 e. The molecule has 0 unspecified atom stereocenters. The van der Waals surface area contributed by atoms with Gasteiger partial charge in [-0.25, -0.2) is 0 Å². The van der Waals surface area contributed by atoms with Crippen LogP contribution in [0, 0.1) is 45.3 Å². The molecule has 10 rings (SSSR count). The minimum atomic E-state index is -0.301. The number of fused-ring (bicyclic) bond motifs is 8. The van der Waals surface area contributed by atoms with Gasteiger partial charge in [0, 0.05) is 43.8 Å². The van der Waals surface area contributed by atoms with E-state index in [4.69, 9.17) is 17.5 Å². The van der Waals surface area contributed by atoms with Crippen LogP contribution in [0.1, 0.15) is 11.1 Å². The van der Waals surface area contributed by atoms with Crippen LogP contribution in [-0.2, 0) is 0 Å². The zero-order valence-electron chi connectivity index (χ0n) is 28.8. The van der Waals surface area contributed by atoms with Gasteiger partial charge >= 0.3 is 0 Å². The maximum absolute atomic E-state index is 10.5. The Labute approximate surface area is 325 Å². The van der Waals surface area contributed by atoms with Crippen molar-refractivity contribution < 1.29 is 0 Å². The lowest BCUT2D eigenvalue weighted by Crippen LogP contribution is -2.03. The number of para-hydroxylation sites is 4. The maximum atomic E-state index is 10.5. The molecule has 6 aromatic carbocycles. The highest BCUT2D eigenvalue weighted by atomic mass is 32.1. The van der Waals surface area contributed by atoms with Gasteiger partial charge in [0.05, 0.1) is 56.9 Å². The van der Waals surface area contributed by atoms with Gasteiger partial charge in [-0.05, 0) is 48.5 Å². The van der Waals surface area contributed by atoms with E-state index < -0.39 is 0 Å². The number of aromatic nitrogens is 6. The first kappa shape index (κ1) is 32.6. The van der Waals surface area contributed by atoms with Gasteiger partial charge in [0.1, 0.15) is 57.5 Å². The Balaban J connectivity index is 1.24. The van der Waals surface area contributed by atoms with Gasteiger partial charge in [-0.15, -0.1) is 0 Å². The number of hydrogen-bond acceptors (Lipinski definition) is 10. The lowest BCUT2D eigenvalue weighted by atomic mass is 9.85. The first-order valence-electron chi connectivity index (χ1n) is 17.2. The lowest BCUT2D eigenvalue weighted by molar-refractivity contribution is 1.19. The van der Waals surface area contributed by atoms with Gasteiger partial charge in [0.2, 0.25) is 0 Å². The Kier molecular flexibility index (Phi) is 7.48. The molecule has 4 heterocycles. The molecule has 0 fully saturated rings. The molecule has 0 aliphatic heterocycles. The maximum Gasteiger partial charge on any atom is 0.138 e. The topological polar surface area (TPSA) is 157 Å². The minimum absolute atomic E-state index is 0.0819. The highest BCUT2D eigenvalue weighted by Crippen LogP contribution is 2.44. The van der Waals surface area contributed by atoms with E-state index in [1.165, 1.54) is 0 Å². The van der Waals surface area contributed by atoms with Crippen molar-refractivity contribution >= 4 is 100 Å². The van der Waals surface area contributed by atoms with Crippen LogP contribution in [-0.4, -0.2) is 26.6 Å². The van der Waals surface area contributed by atoms with Crippen molar-refractivity contribution in [3.63, 3.8) is 0 Å². The van der Waals surface area contributed by atoms with Crippen molar-refractivity contribution in [2.75, 3.05) is 0 Å². The molecule has 12 heteroatoms. The molecule has 0 aliphatic rings. The standard InChI is InChI=1S/C44H20N10S2/c45-21-25(22-46)39(31-17-19-37(43-41(31)49-55-51-43)53-33-13-5-1-9-27(33)28-10-2-6-14-34(28)53)40(26(23-47)24-48)32-18-20-38(44-42(32)50-56-52-44)54-35-15-7-3-11-29(35)30-12-4-8-16-36(30)54/h1-20H. The van der Waals surface area contributed by atoms with E-state index in [0.29, 0.717) is 33.2 Å². The molecule has 0 saturated carbocycles. The molecule has 10 nitrogen and oxygen atoms in total. The molecule has 4 aromatic heterocycles.